The van der Waals surface area contributed by atoms with Gasteiger partial charge in [-0.05, 0) is 105 Å². The van der Waals surface area contributed by atoms with Crippen LogP contribution in [0.15, 0.2) is 60.2 Å². The fourth-order valence-corrected chi connectivity index (χ4v) is 9.95. The number of benzene rings is 2. The van der Waals surface area contributed by atoms with Crippen LogP contribution in [0, 0.1) is 5.41 Å². The molecule has 0 amide bonds. The van der Waals surface area contributed by atoms with Crippen molar-refractivity contribution < 1.29 is 28.2 Å². The van der Waals surface area contributed by atoms with Gasteiger partial charge in [-0.15, -0.1) is 11.3 Å². The highest BCUT2D eigenvalue weighted by Gasteiger charge is 2.58. The van der Waals surface area contributed by atoms with Gasteiger partial charge in [0.15, 0.2) is 0 Å². The summed E-state index contributed by atoms with van der Waals surface area (Å²) in [5.41, 5.74) is 1.58. The number of allylic oxidation sites excluding steroid dienone is 2. The van der Waals surface area contributed by atoms with Gasteiger partial charge in [-0.1, -0.05) is 48.9 Å². The van der Waals surface area contributed by atoms with E-state index in [9.17, 15) is 23.4 Å². The summed E-state index contributed by atoms with van der Waals surface area (Å²) in [6, 6.07) is 16.0. The molecular formula is C37H47NO6S2. The third-order valence-corrected chi connectivity index (χ3v) is 13.2. The topological polar surface area (TPSA) is 104 Å². The summed E-state index contributed by atoms with van der Waals surface area (Å²) in [6.45, 7) is 5.03. The number of nitrogens with zero attached hydrogens (tertiary/aromatic N) is 1. The Morgan fingerprint density at radius 1 is 1.11 bits per heavy atom. The number of rotatable bonds is 7. The van der Waals surface area contributed by atoms with Crippen LogP contribution in [0.4, 0.5) is 0 Å². The summed E-state index contributed by atoms with van der Waals surface area (Å²) in [7, 11) is -3.62. The van der Waals surface area contributed by atoms with Gasteiger partial charge in [0.05, 0.1) is 28.9 Å². The summed E-state index contributed by atoms with van der Waals surface area (Å²) in [4.78, 5) is 15.1. The molecule has 2 aromatic carbocycles. The van der Waals surface area contributed by atoms with Crippen molar-refractivity contribution >= 4 is 37.2 Å². The maximum Gasteiger partial charge on any atom is 0.211 e. The highest BCUT2D eigenvalue weighted by Crippen LogP contribution is 2.59. The molecule has 4 aliphatic rings. The molecule has 1 saturated carbocycles. The van der Waals surface area contributed by atoms with Gasteiger partial charge >= 0.3 is 0 Å². The highest BCUT2D eigenvalue weighted by molar-refractivity contribution is 7.88. The first-order valence-electron chi connectivity index (χ1n) is 16.7. The molecule has 9 heteroatoms. The summed E-state index contributed by atoms with van der Waals surface area (Å²) in [5.74, 6) is -0.227. The minimum absolute atomic E-state index is 0.00867. The van der Waals surface area contributed by atoms with E-state index in [1.165, 1.54) is 27.5 Å². The van der Waals surface area contributed by atoms with Gasteiger partial charge in [0.2, 0.25) is 15.8 Å². The van der Waals surface area contributed by atoms with Crippen LogP contribution < -0.4 is 0 Å². The second-order valence-electron chi connectivity index (χ2n) is 14.1. The van der Waals surface area contributed by atoms with Gasteiger partial charge < -0.3 is 14.9 Å². The lowest BCUT2D eigenvalue weighted by Crippen LogP contribution is -2.54. The monoisotopic (exact) mass is 665 g/mol. The van der Waals surface area contributed by atoms with Crippen molar-refractivity contribution in [3.63, 3.8) is 0 Å². The molecule has 0 radical (unpaired) electrons. The second-order valence-corrected chi connectivity index (χ2v) is 17.2. The predicted octanol–water partition coefficient (Wildman–Crippen LogP) is 6.61. The molecule has 2 N–H and O–H groups in total. The SMILES string of the molecule is CC1=CCC[C@@]2(C)[C@@H](CC[C@@]2(O)CN(C[C@H]2CCCO2)S(C)(=O)=O)c2ccc(cc2C(=O)c2cc3ccccc3s2)C[C@@H](O)CC1. The zero-order chi connectivity index (χ0) is 32.7. The largest absolute Gasteiger partial charge is 0.393 e. The van der Waals surface area contributed by atoms with E-state index in [2.05, 4.69) is 19.9 Å². The van der Waals surface area contributed by atoms with Gasteiger partial charge in [-0.25, -0.2) is 8.42 Å². The average Bonchev–Trinajstić information content (AvgIpc) is 3.74. The number of aliphatic hydroxyl groups is 2. The Bertz CT molecular complexity index is 1690. The lowest BCUT2D eigenvalue weighted by molar-refractivity contribution is -0.0753. The van der Waals surface area contributed by atoms with E-state index in [-0.39, 0.29) is 30.9 Å². The zero-order valence-electron chi connectivity index (χ0n) is 27.2. The molecule has 3 aliphatic carbocycles. The molecule has 2 bridgehead atoms. The van der Waals surface area contributed by atoms with E-state index in [1.54, 1.807) is 0 Å². The normalized spacial score (nSPS) is 29.2. The van der Waals surface area contributed by atoms with Gasteiger partial charge in [0.25, 0.3) is 0 Å². The lowest BCUT2D eigenvalue weighted by atomic mass is 9.65. The van der Waals surface area contributed by atoms with Crippen molar-refractivity contribution in [3.05, 3.63) is 81.7 Å². The van der Waals surface area contributed by atoms with Crippen LogP contribution in [0.1, 0.15) is 97.5 Å². The first-order valence-corrected chi connectivity index (χ1v) is 19.3. The van der Waals surface area contributed by atoms with Crippen molar-refractivity contribution in [2.45, 2.75) is 95.4 Å². The molecule has 1 aliphatic heterocycles. The van der Waals surface area contributed by atoms with Crippen molar-refractivity contribution in [1.29, 1.82) is 0 Å². The molecule has 248 valence electrons. The number of hydrogen-bond acceptors (Lipinski definition) is 7. The molecule has 5 atom stereocenters. The van der Waals surface area contributed by atoms with E-state index >= 15 is 0 Å². The van der Waals surface area contributed by atoms with Crippen molar-refractivity contribution in [3.8, 4) is 0 Å². The molecule has 3 aromatic rings. The maximum atomic E-state index is 14.4. The van der Waals surface area contributed by atoms with E-state index in [0.717, 1.165) is 40.5 Å². The fraction of sp³-hybridized carbons (Fsp3) is 0.541. The molecule has 2 heterocycles. The van der Waals surface area contributed by atoms with Crippen LogP contribution in [0.25, 0.3) is 10.1 Å². The van der Waals surface area contributed by atoms with Crippen molar-refractivity contribution in [2.24, 2.45) is 5.41 Å². The molecule has 0 unspecified atom stereocenters. The number of thiophene rings is 1. The van der Waals surface area contributed by atoms with Crippen LogP contribution in [0.2, 0.25) is 0 Å². The molecule has 1 aromatic heterocycles. The highest BCUT2D eigenvalue weighted by atomic mass is 32.2. The van der Waals surface area contributed by atoms with Crippen molar-refractivity contribution in [2.75, 3.05) is 26.0 Å². The standard InChI is InChI=1S/C37H47NO6S2/c1-25-8-6-17-36(2)32(16-18-37(36,41)24-38(46(3,42)43)23-29-10-7-19-44-29)30-15-13-26(20-28(39)14-12-25)21-31(30)35(40)34-22-27-9-4-5-11-33(27)45-34/h4-5,8-9,11,13,15,21-22,28-29,32,39,41H,6-7,10,12,14,16-20,23-24H2,1-3H3/t28-,29+,32-,36-,37+/m0/s1. The van der Waals surface area contributed by atoms with Gasteiger partial charge in [-0.3, -0.25) is 4.79 Å². The summed E-state index contributed by atoms with van der Waals surface area (Å²) in [6.07, 6.45) is 8.67. The Balaban J connectivity index is 1.44. The number of ketones is 1. The Morgan fingerprint density at radius 3 is 2.65 bits per heavy atom. The van der Waals surface area contributed by atoms with Crippen LogP contribution in [-0.2, 0) is 21.2 Å². The molecule has 46 heavy (non-hydrogen) atoms. The molecule has 7 nitrogen and oxygen atoms in total. The minimum Gasteiger partial charge on any atom is -0.393 e. The Kier molecular flexibility index (Phi) is 9.65. The first kappa shape index (κ1) is 33.5. The molecular weight excluding hydrogens is 619 g/mol. The maximum absolute atomic E-state index is 14.4. The summed E-state index contributed by atoms with van der Waals surface area (Å²) < 4.78 is 34.5. The van der Waals surface area contributed by atoms with E-state index in [4.69, 9.17) is 4.74 Å². The Morgan fingerprint density at radius 2 is 1.91 bits per heavy atom. The molecule has 7 rings (SSSR count). The van der Waals surface area contributed by atoms with E-state index < -0.39 is 27.1 Å². The van der Waals surface area contributed by atoms with Crippen LogP contribution >= 0.6 is 11.3 Å². The van der Waals surface area contributed by atoms with Crippen molar-refractivity contribution in [1.82, 2.24) is 4.31 Å². The average molecular weight is 666 g/mol. The minimum atomic E-state index is -3.62. The fourth-order valence-electron chi connectivity index (χ4n) is 8.05. The van der Waals surface area contributed by atoms with Gasteiger partial charge in [-0.2, -0.15) is 4.31 Å². The lowest BCUT2D eigenvalue weighted by Gasteiger charge is -2.46. The zero-order valence-corrected chi connectivity index (χ0v) is 28.8. The number of sulfonamides is 1. The van der Waals surface area contributed by atoms with Crippen LogP contribution in [-0.4, -0.2) is 72.5 Å². The summed E-state index contributed by atoms with van der Waals surface area (Å²) >= 11 is 1.48. The van der Waals surface area contributed by atoms with Crippen LogP contribution in [0.5, 0.6) is 0 Å². The summed E-state index contributed by atoms with van der Waals surface area (Å²) in [5, 5.41) is 24.6. The molecule has 0 spiro atoms. The smallest absolute Gasteiger partial charge is 0.211 e. The molecule has 1 saturated heterocycles. The third-order valence-electron chi connectivity index (χ3n) is 10.9. The number of hydrogen-bond donors (Lipinski definition) is 2. The second kappa shape index (κ2) is 13.2. The van der Waals surface area contributed by atoms with E-state index in [0.29, 0.717) is 55.6 Å². The predicted molar refractivity (Wildman–Crippen MR) is 184 cm³/mol. The number of carbonyl (C=O) groups is 1. The van der Waals surface area contributed by atoms with Gasteiger partial charge in [0.1, 0.15) is 0 Å². The third kappa shape index (κ3) is 6.78. The van der Waals surface area contributed by atoms with E-state index in [1.807, 2.05) is 48.5 Å². The Labute approximate surface area is 277 Å². The number of aliphatic hydroxyl groups excluding tert-OH is 1. The van der Waals surface area contributed by atoms with Gasteiger partial charge in [0, 0.05) is 35.4 Å². The quantitative estimate of drug-likeness (QED) is 0.218. The number of ether oxygens (including phenoxy) is 1. The number of carbonyl (C=O) groups excluding carboxylic acids is 1. The number of fused-ring (bicyclic) bond motifs is 9. The first-order chi connectivity index (χ1) is 21.9. The van der Waals surface area contributed by atoms with Crippen LogP contribution in [0.3, 0.4) is 0 Å². The Hall–Kier alpha value is -2.40. The molecule has 2 fully saturated rings.